The smallest absolute Gasteiger partial charge is 0.408 e. The predicted octanol–water partition coefficient (Wildman–Crippen LogP) is 3.91. The van der Waals surface area contributed by atoms with Gasteiger partial charge in [0, 0.05) is 36.6 Å². The Morgan fingerprint density at radius 2 is 1.73 bits per heavy atom. The van der Waals surface area contributed by atoms with Crippen molar-refractivity contribution in [2.24, 2.45) is 0 Å². The number of amides is 2. The third-order valence-electron chi connectivity index (χ3n) is 5.61. The molecule has 1 atom stereocenters. The Bertz CT molecular complexity index is 720. The van der Waals surface area contributed by atoms with Crippen molar-refractivity contribution < 1.29 is 14.3 Å². The Labute approximate surface area is 184 Å². The summed E-state index contributed by atoms with van der Waals surface area (Å²) in [6.07, 6.45) is 6.18. The fourth-order valence-corrected chi connectivity index (χ4v) is 4.22. The molecule has 1 aliphatic carbocycles. The van der Waals surface area contributed by atoms with E-state index in [-0.39, 0.29) is 5.91 Å². The van der Waals surface area contributed by atoms with Crippen LogP contribution in [0.4, 0.5) is 4.79 Å². The van der Waals surface area contributed by atoms with Gasteiger partial charge in [0.2, 0.25) is 5.91 Å². The van der Waals surface area contributed by atoms with Crippen LogP contribution in [0.15, 0.2) is 24.3 Å². The number of benzene rings is 1. The highest BCUT2D eigenvalue weighted by atomic mass is 35.5. The maximum absolute atomic E-state index is 13.1. The van der Waals surface area contributed by atoms with E-state index in [9.17, 15) is 9.59 Å². The number of carbonyl (C=O) groups is 2. The van der Waals surface area contributed by atoms with Crippen molar-refractivity contribution in [1.82, 2.24) is 15.5 Å². The van der Waals surface area contributed by atoms with Crippen LogP contribution >= 0.6 is 11.6 Å². The van der Waals surface area contributed by atoms with Crippen molar-refractivity contribution >= 4 is 23.6 Å². The molecule has 1 aliphatic heterocycles. The van der Waals surface area contributed by atoms with E-state index in [2.05, 4.69) is 10.6 Å². The Morgan fingerprint density at radius 1 is 1.10 bits per heavy atom. The summed E-state index contributed by atoms with van der Waals surface area (Å²) in [5.41, 5.74) is 0.315. The maximum Gasteiger partial charge on any atom is 0.408 e. The molecule has 0 spiro atoms. The van der Waals surface area contributed by atoms with Crippen molar-refractivity contribution in [1.29, 1.82) is 0 Å². The number of alkyl carbamates (subject to hydrolysis) is 1. The van der Waals surface area contributed by atoms with Gasteiger partial charge < -0.3 is 20.3 Å². The lowest BCUT2D eigenvalue weighted by Crippen LogP contribution is -2.65. The highest BCUT2D eigenvalue weighted by Crippen LogP contribution is 2.21. The number of likely N-dealkylation sites (tertiary alicyclic amines) is 1. The third-order valence-corrected chi connectivity index (χ3v) is 5.86. The maximum atomic E-state index is 13.1. The molecule has 2 aliphatic rings. The van der Waals surface area contributed by atoms with Crippen molar-refractivity contribution in [2.45, 2.75) is 83.0 Å². The number of carbonyl (C=O) groups excluding carboxylic acids is 2. The molecule has 166 valence electrons. The van der Waals surface area contributed by atoms with Gasteiger partial charge in [-0.2, -0.15) is 0 Å². The lowest BCUT2D eigenvalue weighted by molar-refractivity contribution is -0.138. The number of nitrogens with one attached hydrogen (secondary N) is 2. The van der Waals surface area contributed by atoms with Gasteiger partial charge in [0.25, 0.3) is 0 Å². The number of rotatable bonds is 6. The van der Waals surface area contributed by atoms with Crippen molar-refractivity contribution in [2.75, 3.05) is 13.1 Å². The van der Waals surface area contributed by atoms with Crippen LogP contribution < -0.4 is 10.6 Å². The largest absolute Gasteiger partial charge is 0.444 e. The van der Waals surface area contributed by atoms with Crippen LogP contribution in [-0.2, 0) is 16.0 Å². The summed E-state index contributed by atoms with van der Waals surface area (Å²) in [6.45, 7) is 6.78. The summed E-state index contributed by atoms with van der Waals surface area (Å²) in [7, 11) is 0. The Balaban J connectivity index is 1.58. The second-order valence-corrected chi connectivity index (χ2v) is 9.91. The molecule has 2 N–H and O–H groups in total. The second-order valence-electron chi connectivity index (χ2n) is 9.47. The summed E-state index contributed by atoms with van der Waals surface area (Å²) < 4.78 is 5.37. The number of nitrogens with zero attached hydrogens (tertiary/aromatic N) is 1. The first-order valence-corrected chi connectivity index (χ1v) is 11.4. The Hall–Kier alpha value is -1.79. The summed E-state index contributed by atoms with van der Waals surface area (Å²) >= 11 is 5.97. The summed E-state index contributed by atoms with van der Waals surface area (Å²) in [6, 6.07) is 7.59. The molecular formula is C23H34ClN3O3. The van der Waals surface area contributed by atoms with Crippen molar-refractivity contribution in [3.8, 4) is 0 Å². The van der Waals surface area contributed by atoms with Crippen LogP contribution in [0.2, 0.25) is 5.02 Å². The lowest BCUT2D eigenvalue weighted by Gasteiger charge is -2.43. The van der Waals surface area contributed by atoms with E-state index in [0.717, 1.165) is 5.56 Å². The molecule has 1 aromatic carbocycles. The van der Waals surface area contributed by atoms with Gasteiger partial charge in [-0.25, -0.2) is 4.79 Å². The van der Waals surface area contributed by atoms with Crippen LogP contribution in [-0.4, -0.2) is 53.7 Å². The highest BCUT2D eigenvalue weighted by Gasteiger charge is 2.36. The average molecular weight is 436 g/mol. The Morgan fingerprint density at radius 3 is 2.33 bits per heavy atom. The molecule has 3 rings (SSSR count). The van der Waals surface area contributed by atoms with Gasteiger partial charge in [-0.15, -0.1) is 0 Å². The van der Waals surface area contributed by atoms with E-state index in [4.69, 9.17) is 16.3 Å². The number of halogens is 1. The minimum Gasteiger partial charge on any atom is -0.444 e. The molecule has 2 fully saturated rings. The van der Waals surface area contributed by atoms with Gasteiger partial charge in [-0.1, -0.05) is 43.0 Å². The predicted molar refractivity (Wildman–Crippen MR) is 119 cm³/mol. The molecule has 2 amide bonds. The molecular weight excluding hydrogens is 402 g/mol. The normalized spacial score (nSPS) is 19.1. The quantitative estimate of drug-likeness (QED) is 0.710. The van der Waals surface area contributed by atoms with E-state index in [0.29, 0.717) is 36.6 Å². The molecule has 7 heteroatoms. The summed E-state index contributed by atoms with van der Waals surface area (Å²) in [4.78, 5) is 27.3. The lowest BCUT2D eigenvalue weighted by atomic mass is 9.93. The van der Waals surface area contributed by atoms with Crippen LogP contribution in [0.3, 0.4) is 0 Å². The fourth-order valence-electron chi connectivity index (χ4n) is 4.09. The van der Waals surface area contributed by atoms with Crippen LogP contribution in [0, 0.1) is 0 Å². The van der Waals surface area contributed by atoms with Gasteiger partial charge in [-0.3, -0.25) is 4.79 Å². The van der Waals surface area contributed by atoms with Gasteiger partial charge in [0.05, 0.1) is 0 Å². The molecule has 30 heavy (non-hydrogen) atoms. The zero-order chi connectivity index (χ0) is 21.7. The third kappa shape index (κ3) is 6.88. The molecule has 0 radical (unpaired) electrons. The minimum absolute atomic E-state index is 0.0718. The van der Waals surface area contributed by atoms with Crippen LogP contribution in [0.1, 0.15) is 58.4 Å². The first-order valence-electron chi connectivity index (χ1n) is 11.0. The molecule has 1 saturated heterocycles. The molecule has 6 nitrogen and oxygen atoms in total. The first kappa shape index (κ1) is 22.9. The van der Waals surface area contributed by atoms with E-state index in [1.165, 1.54) is 32.1 Å². The highest BCUT2D eigenvalue weighted by molar-refractivity contribution is 6.30. The van der Waals surface area contributed by atoms with Gasteiger partial charge >= 0.3 is 6.09 Å². The summed E-state index contributed by atoms with van der Waals surface area (Å²) in [5.74, 6) is -0.0718. The van der Waals surface area contributed by atoms with Crippen LogP contribution in [0.5, 0.6) is 0 Å². The number of hydrogen-bond donors (Lipinski definition) is 2. The number of hydrogen-bond acceptors (Lipinski definition) is 4. The summed E-state index contributed by atoms with van der Waals surface area (Å²) in [5, 5.41) is 7.10. The van der Waals surface area contributed by atoms with Crippen LogP contribution in [0.25, 0.3) is 0 Å². The van der Waals surface area contributed by atoms with E-state index in [1.54, 1.807) is 32.9 Å². The minimum atomic E-state index is -0.670. The van der Waals surface area contributed by atoms with Gasteiger partial charge in [0.1, 0.15) is 11.6 Å². The fraction of sp³-hybridized carbons (Fsp3) is 0.652. The standard InChI is InChI=1S/C23H34ClN3O3/c1-23(2,3)30-22(29)26-20(13-16-9-11-17(24)12-10-16)21(28)27-14-19(15-27)25-18-7-5-4-6-8-18/h9-12,18-20,25H,4-8,13-15H2,1-3H3,(H,26,29). The van der Waals surface area contributed by atoms with Crippen molar-refractivity contribution in [3.05, 3.63) is 34.9 Å². The molecule has 1 heterocycles. The number of ether oxygens (including phenoxy) is 1. The molecule has 0 bridgehead atoms. The second kappa shape index (κ2) is 10.0. The molecule has 1 aromatic rings. The Kier molecular flexibility index (Phi) is 7.64. The van der Waals surface area contributed by atoms with Gasteiger partial charge in [0.15, 0.2) is 0 Å². The van der Waals surface area contributed by atoms with E-state index >= 15 is 0 Å². The SMILES string of the molecule is CC(C)(C)OC(=O)NC(Cc1ccc(Cl)cc1)C(=O)N1CC(NC2CCCCC2)C1. The topological polar surface area (TPSA) is 70.7 Å². The zero-order valence-corrected chi connectivity index (χ0v) is 19.0. The molecule has 1 saturated carbocycles. The zero-order valence-electron chi connectivity index (χ0n) is 18.2. The average Bonchev–Trinajstić information content (AvgIpc) is 2.64. The molecule has 1 unspecified atom stereocenters. The molecule has 0 aromatic heterocycles. The van der Waals surface area contributed by atoms with Crippen molar-refractivity contribution in [3.63, 3.8) is 0 Å². The first-order chi connectivity index (χ1) is 14.2. The van der Waals surface area contributed by atoms with E-state index < -0.39 is 17.7 Å². The van der Waals surface area contributed by atoms with E-state index in [1.807, 2.05) is 17.0 Å². The van der Waals surface area contributed by atoms with Gasteiger partial charge in [-0.05, 0) is 51.3 Å². The monoisotopic (exact) mass is 435 g/mol.